The first-order valence-electron chi connectivity index (χ1n) is 10.5. The van der Waals surface area contributed by atoms with Crippen LogP contribution in [0.1, 0.15) is 40.4 Å². The van der Waals surface area contributed by atoms with Crippen LogP contribution < -0.4 is 14.4 Å². The van der Waals surface area contributed by atoms with Gasteiger partial charge in [-0.15, -0.1) is 0 Å². The van der Waals surface area contributed by atoms with E-state index in [1.54, 1.807) is 20.1 Å². The number of fused-ring (bicyclic) bond motifs is 1. The Hall–Kier alpha value is -3.42. The number of aryl methyl sites for hydroxylation is 2. The number of carbonyl (C=O) groups is 1. The molecule has 3 aromatic rings. The standard InChI is InChI=1S/C23H25N3O5/c1-15-22(16(2)31-24-15)23(27)26(13-19-4-3-11-28-19)17-7-9-25(10-8-17)18-5-6-20-21(12-18)30-14-29-20/h3-6,11-12,17H,7-10,13-14H2,1-2H3. The molecule has 0 aliphatic carbocycles. The highest BCUT2D eigenvalue weighted by Crippen LogP contribution is 2.36. The lowest BCUT2D eigenvalue weighted by molar-refractivity contribution is 0.0611. The molecule has 5 rings (SSSR count). The molecular weight excluding hydrogens is 398 g/mol. The maximum atomic E-state index is 13.5. The molecule has 0 saturated carbocycles. The molecule has 4 heterocycles. The van der Waals surface area contributed by atoms with E-state index in [1.165, 1.54) is 0 Å². The van der Waals surface area contributed by atoms with Crippen LogP contribution in [0.15, 0.2) is 45.5 Å². The van der Waals surface area contributed by atoms with E-state index in [0.29, 0.717) is 23.6 Å². The Balaban J connectivity index is 1.34. The molecule has 31 heavy (non-hydrogen) atoms. The SMILES string of the molecule is Cc1noc(C)c1C(=O)N(Cc1ccco1)C1CCN(c2ccc3c(c2)OCO3)CC1. The molecule has 1 fully saturated rings. The zero-order valence-corrected chi connectivity index (χ0v) is 17.7. The van der Waals surface area contributed by atoms with Gasteiger partial charge in [-0.3, -0.25) is 4.79 Å². The van der Waals surface area contributed by atoms with E-state index >= 15 is 0 Å². The van der Waals surface area contributed by atoms with Crippen LogP contribution in [-0.2, 0) is 6.54 Å². The highest BCUT2D eigenvalue weighted by Gasteiger charge is 2.32. The number of piperidine rings is 1. The molecule has 1 amide bonds. The number of nitrogens with zero attached hydrogens (tertiary/aromatic N) is 3. The second-order valence-corrected chi connectivity index (χ2v) is 7.97. The quantitative estimate of drug-likeness (QED) is 0.615. The third kappa shape index (κ3) is 3.73. The van der Waals surface area contributed by atoms with Crippen LogP contribution in [0.25, 0.3) is 0 Å². The molecule has 1 aromatic carbocycles. The van der Waals surface area contributed by atoms with E-state index in [0.717, 1.165) is 48.9 Å². The summed E-state index contributed by atoms with van der Waals surface area (Å²) in [6, 6.07) is 9.87. The predicted molar refractivity (Wildman–Crippen MR) is 112 cm³/mol. The monoisotopic (exact) mass is 423 g/mol. The predicted octanol–water partition coefficient (Wildman–Crippen LogP) is 3.92. The molecule has 1 saturated heterocycles. The molecule has 2 aliphatic heterocycles. The molecule has 0 bridgehead atoms. The fourth-order valence-corrected chi connectivity index (χ4v) is 4.39. The van der Waals surface area contributed by atoms with Gasteiger partial charge in [-0.2, -0.15) is 0 Å². The average molecular weight is 423 g/mol. The summed E-state index contributed by atoms with van der Waals surface area (Å²) in [6.07, 6.45) is 3.34. The van der Waals surface area contributed by atoms with Crippen molar-refractivity contribution in [2.45, 2.75) is 39.3 Å². The smallest absolute Gasteiger partial charge is 0.260 e. The van der Waals surface area contributed by atoms with E-state index in [9.17, 15) is 4.79 Å². The Labute approximate surface area is 180 Å². The van der Waals surface area contributed by atoms with Gasteiger partial charge >= 0.3 is 0 Å². The first-order valence-corrected chi connectivity index (χ1v) is 10.5. The Morgan fingerprint density at radius 3 is 2.68 bits per heavy atom. The molecule has 8 heteroatoms. The second kappa shape index (κ2) is 8.02. The van der Waals surface area contributed by atoms with Crippen molar-refractivity contribution >= 4 is 11.6 Å². The van der Waals surface area contributed by atoms with Gasteiger partial charge in [-0.25, -0.2) is 0 Å². The Bertz CT molecular complexity index is 1050. The van der Waals surface area contributed by atoms with E-state index < -0.39 is 0 Å². The zero-order chi connectivity index (χ0) is 21.4. The lowest BCUT2D eigenvalue weighted by Gasteiger charge is -2.39. The number of carbonyl (C=O) groups excluding carboxylic acids is 1. The molecule has 0 atom stereocenters. The van der Waals surface area contributed by atoms with Crippen LogP contribution in [-0.4, -0.2) is 41.9 Å². The van der Waals surface area contributed by atoms with Crippen molar-refractivity contribution < 1.29 is 23.2 Å². The first kappa shape index (κ1) is 19.5. The third-order valence-electron chi connectivity index (χ3n) is 6.04. The normalized spacial score (nSPS) is 16.0. The van der Waals surface area contributed by atoms with Gasteiger partial charge in [0.2, 0.25) is 6.79 Å². The molecule has 2 aliphatic rings. The number of rotatable bonds is 5. The first-order chi connectivity index (χ1) is 15.1. The van der Waals surface area contributed by atoms with Gasteiger partial charge in [0, 0.05) is 30.9 Å². The maximum Gasteiger partial charge on any atom is 0.260 e. The summed E-state index contributed by atoms with van der Waals surface area (Å²) in [7, 11) is 0. The van der Waals surface area contributed by atoms with Gasteiger partial charge in [0.1, 0.15) is 17.1 Å². The maximum absolute atomic E-state index is 13.5. The van der Waals surface area contributed by atoms with Gasteiger partial charge in [-0.1, -0.05) is 5.16 Å². The Kier molecular flexibility index (Phi) is 5.05. The lowest BCUT2D eigenvalue weighted by atomic mass is 10.0. The molecule has 0 spiro atoms. The summed E-state index contributed by atoms with van der Waals surface area (Å²) in [4.78, 5) is 17.7. The van der Waals surface area contributed by atoms with Crippen molar-refractivity contribution in [1.29, 1.82) is 0 Å². The number of hydrogen-bond donors (Lipinski definition) is 0. The highest BCUT2D eigenvalue weighted by molar-refractivity contribution is 5.96. The number of hydrogen-bond acceptors (Lipinski definition) is 7. The number of amides is 1. The van der Waals surface area contributed by atoms with Crippen molar-refractivity contribution in [1.82, 2.24) is 10.1 Å². The Morgan fingerprint density at radius 1 is 1.16 bits per heavy atom. The molecule has 0 N–H and O–H groups in total. The molecule has 2 aromatic heterocycles. The minimum absolute atomic E-state index is 0.0609. The summed E-state index contributed by atoms with van der Waals surface area (Å²) in [5.74, 6) is 2.82. The third-order valence-corrected chi connectivity index (χ3v) is 6.04. The lowest BCUT2D eigenvalue weighted by Crippen LogP contribution is -2.47. The van der Waals surface area contributed by atoms with E-state index in [4.69, 9.17) is 18.4 Å². The zero-order valence-electron chi connectivity index (χ0n) is 17.7. The second-order valence-electron chi connectivity index (χ2n) is 7.97. The summed E-state index contributed by atoms with van der Waals surface area (Å²) in [5.41, 5.74) is 2.27. The number of anilines is 1. The van der Waals surface area contributed by atoms with Crippen molar-refractivity contribution in [2.75, 3.05) is 24.8 Å². The van der Waals surface area contributed by atoms with E-state index in [1.807, 2.05) is 29.2 Å². The molecular formula is C23H25N3O5. The van der Waals surface area contributed by atoms with Gasteiger partial charge in [0.05, 0.1) is 18.5 Å². The van der Waals surface area contributed by atoms with Gasteiger partial charge in [0.15, 0.2) is 11.5 Å². The van der Waals surface area contributed by atoms with Crippen LogP contribution in [0.4, 0.5) is 5.69 Å². The summed E-state index contributed by atoms with van der Waals surface area (Å²) < 4.78 is 21.7. The van der Waals surface area contributed by atoms with Crippen LogP contribution in [0, 0.1) is 13.8 Å². The minimum atomic E-state index is -0.0609. The van der Waals surface area contributed by atoms with E-state index in [2.05, 4.69) is 16.1 Å². The van der Waals surface area contributed by atoms with Gasteiger partial charge in [-0.05, 0) is 51.0 Å². The fraction of sp³-hybridized carbons (Fsp3) is 0.391. The largest absolute Gasteiger partial charge is 0.467 e. The summed E-state index contributed by atoms with van der Waals surface area (Å²) in [6.45, 7) is 5.95. The van der Waals surface area contributed by atoms with E-state index in [-0.39, 0.29) is 18.7 Å². The average Bonchev–Trinajstić information content (AvgIpc) is 3.53. The number of aromatic nitrogens is 1. The molecule has 8 nitrogen and oxygen atoms in total. The van der Waals surface area contributed by atoms with Crippen molar-refractivity contribution in [3.8, 4) is 11.5 Å². The number of ether oxygens (including phenoxy) is 2. The van der Waals surface area contributed by atoms with Crippen LogP contribution >= 0.6 is 0 Å². The molecule has 162 valence electrons. The molecule has 0 unspecified atom stereocenters. The number of benzene rings is 1. The van der Waals surface area contributed by atoms with Crippen LogP contribution in [0.2, 0.25) is 0 Å². The van der Waals surface area contributed by atoms with Crippen molar-refractivity contribution in [2.24, 2.45) is 0 Å². The minimum Gasteiger partial charge on any atom is -0.467 e. The van der Waals surface area contributed by atoms with Crippen LogP contribution in [0.5, 0.6) is 11.5 Å². The number of furan rings is 1. The topological polar surface area (TPSA) is 81.2 Å². The Morgan fingerprint density at radius 2 is 1.97 bits per heavy atom. The van der Waals surface area contributed by atoms with Gasteiger partial charge in [0.25, 0.3) is 5.91 Å². The molecule has 0 radical (unpaired) electrons. The van der Waals surface area contributed by atoms with Crippen molar-refractivity contribution in [3.05, 3.63) is 59.4 Å². The summed E-state index contributed by atoms with van der Waals surface area (Å²) in [5, 5.41) is 3.97. The summed E-state index contributed by atoms with van der Waals surface area (Å²) >= 11 is 0. The highest BCUT2D eigenvalue weighted by atomic mass is 16.7. The van der Waals surface area contributed by atoms with Crippen LogP contribution in [0.3, 0.4) is 0 Å². The van der Waals surface area contributed by atoms with Gasteiger partial charge < -0.3 is 28.2 Å². The van der Waals surface area contributed by atoms with Crippen molar-refractivity contribution in [3.63, 3.8) is 0 Å². The fourth-order valence-electron chi connectivity index (χ4n) is 4.39.